The highest BCUT2D eigenvalue weighted by molar-refractivity contribution is 5.08. The fourth-order valence-electron chi connectivity index (χ4n) is 1.76. The lowest BCUT2D eigenvalue weighted by molar-refractivity contribution is 0.449. The topological polar surface area (TPSA) is 15.8 Å². The second kappa shape index (κ2) is 5.85. The minimum absolute atomic E-state index is 0.885. The van der Waals surface area contributed by atoms with Crippen molar-refractivity contribution in [3.63, 3.8) is 0 Å². The van der Waals surface area contributed by atoms with E-state index < -0.39 is 0 Å². The molecule has 0 spiro atoms. The molecule has 1 nitrogen and oxygen atoms in total. The van der Waals surface area contributed by atoms with E-state index in [0.717, 1.165) is 5.92 Å². The average Bonchev–Trinajstić information content (AvgIpc) is 2.64. The maximum Gasteiger partial charge on any atom is 0.00374 e. The quantitative estimate of drug-likeness (QED) is 0.684. The molecule has 1 rings (SSSR count). The van der Waals surface area contributed by atoms with Gasteiger partial charge in [0.2, 0.25) is 0 Å². The van der Waals surface area contributed by atoms with Gasteiger partial charge in [-0.1, -0.05) is 39.5 Å². The third kappa shape index (κ3) is 3.67. The number of rotatable bonds is 6. The van der Waals surface area contributed by atoms with E-state index >= 15 is 0 Å². The Morgan fingerprint density at radius 3 is 2.77 bits per heavy atom. The molecule has 0 bridgehead atoms. The van der Waals surface area contributed by atoms with E-state index in [4.69, 9.17) is 0 Å². The van der Waals surface area contributed by atoms with Crippen LogP contribution in [0.2, 0.25) is 0 Å². The first kappa shape index (κ1) is 10.4. The highest BCUT2D eigenvalue weighted by Crippen LogP contribution is 2.17. The molecule has 1 atom stereocenters. The SMILES string of the molecule is CCCCC(CC)Cc1cc[nH]c1. The van der Waals surface area contributed by atoms with Crippen LogP contribution in [0.1, 0.15) is 45.1 Å². The summed E-state index contributed by atoms with van der Waals surface area (Å²) in [5, 5.41) is 0. The van der Waals surface area contributed by atoms with Crippen LogP contribution < -0.4 is 0 Å². The molecule has 0 saturated carbocycles. The third-order valence-corrected chi connectivity index (χ3v) is 2.73. The summed E-state index contributed by atoms with van der Waals surface area (Å²) >= 11 is 0. The van der Waals surface area contributed by atoms with Gasteiger partial charge in [-0.15, -0.1) is 0 Å². The molecule has 1 aromatic heterocycles. The van der Waals surface area contributed by atoms with Gasteiger partial charge in [0, 0.05) is 12.4 Å². The summed E-state index contributed by atoms with van der Waals surface area (Å²) in [6.45, 7) is 4.57. The molecule has 1 N–H and O–H groups in total. The number of hydrogen-bond donors (Lipinski definition) is 1. The molecule has 0 aliphatic carbocycles. The second-order valence-electron chi connectivity index (χ2n) is 3.84. The molecule has 0 aliphatic rings. The Morgan fingerprint density at radius 1 is 1.38 bits per heavy atom. The van der Waals surface area contributed by atoms with Crippen LogP contribution in [-0.2, 0) is 6.42 Å². The van der Waals surface area contributed by atoms with Crippen LogP contribution in [0, 0.1) is 5.92 Å². The predicted molar refractivity (Wildman–Crippen MR) is 57.8 cm³/mol. The first-order valence-corrected chi connectivity index (χ1v) is 5.48. The van der Waals surface area contributed by atoms with Crippen LogP contribution >= 0.6 is 0 Å². The van der Waals surface area contributed by atoms with E-state index in [-0.39, 0.29) is 0 Å². The Morgan fingerprint density at radius 2 is 2.23 bits per heavy atom. The molecule has 1 heterocycles. The van der Waals surface area contributed by atoms with Crippen LogP contribution in [0.3, 0.4) is 0 Å². The Hall–Kier alpha value is -0.720. The number of H-pyrrole nitrogens is 1. The second-order valence-corrected chi connectivity index (χ2v) is 3.84. The molecule has 0 aromatic carbocycles. The first-order chi connectivity index (χ1) is 6.36. The van der Waals surface area contributed by atoms with Crippen molar-refractivity contribution in [1.29, 1.82) is 0 Å². The Bertz CT molecular complexity index is 201. The highest BCUT2D eigenvalue weighted by Gasteiger charge is 2.06. The number of aromatic amines is 1. The van der Waals surface area contributed by atoms with Crippen molar-refractivity contribution in [2.45, 2.75) is 46.0 Å². The molecule has 0 aliphatic heterocycles. The molecule has 0 radical (unpaired) electrons. The smallest absolute Gasteiger partial charge is 0.00374 e. The van der Waals surface area contributed by atoms with E-state index in [0.29, 0.717) is 0 Å². The molecule has 1 aromatic rings. The van der Waals surface area contributed by atoms with Crippen LogP contribution in [0.5, 0.6) is 0 Å². The van der Waals surface area contributed by atoms with E-state index in [1.54, 1.807) is 0 Å². The zero-order chi connectivity index (χ0) is 9.52. The summed E-state index contributed by atoms with van der Waals surface area (Å²) in [5.41, 5.74) is 1.46. The summed E-state index contributed by atoms with van der Waals surface area (Å²) < 4.78 is 0. The van der Waals surface area contributed by atoms with Gasteiger partial charge in [-0.25, -0.2) is 0 Å². The number of unbranched alkanes of at least 4 members (excludes halogenated alkanes) is 1. The van der Waals surface area contributed by atoms with Crippen LogP contribution in [-0.4, -0.2) is 4.98 Å². The van der Waals surface area contributed by atoms with Crippen molar-refractivity contribution in [3.8, 4) is 0 Å². The summed E-state index contributed by atoms with van der Waals surface area (Å²) in [6, 6.07) is 2.19. The standard InChI is InChI=1S/C12H21N/c1-3-5-6-11(4-2)9-12-7-8-13-10-12/h7-8,10-11,13H,3-6,9H2,1-2H3. The van der Waals surface area contributed by atoms with E-state index in [9.17, 15) is 0 Å². The van der Waals surface area contributed by atoms with Gasteiger partial charge < -0.3 is 4.98 Å². The number of nitrogens with one attached hydrogen (secondary N) is 1. The van der Waals surface area contributed by atoms with Gasteiger partial charge in [-0.2, -0.15) is 0 Å². The highest BCUT2D eigenvalue weighted by atomic mass is 14.6. The van der Waals surface area contributed by atoms with E-state index in [2.05, 4.69) is 31.1 Å². The Labute approximate surface area is 81.6 Å². The normalized spacial score (nSPS) is 13.1. The molecule has 1 heteroatoms. The van der Waals surface area contributed by atoms with Crippen LogP contribution in [0.15, 0.2) is 18.5 Å². The van der Waals surface area contributed by atoms with Gasteiger partial charge in [0.25, 0.3) is 0 Å². The van der Waals surface area contributed by atoms with Crippen LogP contribution in [0.4, 0.5) is 0 Å². The predicted octanol–water partition coefficient (Wildman–Crippen LogP) is 3.77. The maximum atomic E-state index is 3.12. The lowest BCUT2D eigenvalue weighted by Gasteiger charge is -2.12. The average molecular weight is 179 g/mol. The van der Waals surface area contributed by atoms with Gasteiger partial charge >= 0.3 is 0 Å². The van der Waals surface area contributed by atoms with Gasteiger partial charge in [0.1, 0.15) is 0 Å². The van der Waals surface area contributed by atoms with Crippen molar-refractivity contribution < 1.29 is 0 Å². The van der Waals surface area contributed by atoms with Crippen molar-refractivity contribution in [3.05, 3.63) is 24.0 Å². The summed E-state index contributed by atoms with van der Waals surface area (Å²) in [5.74, 6) is 0.885. The minimum atomic E-state index is 0.885. The summed E-state index contributed by atoms with van der Waals surface area (Å²) in [7, 11) is 0. The van der Waals surface area contributed by atoms with Gasteiger partial charge in [0.05, 0.1) is 0 Å². The molecule has 0 saturated heterocycles. The molecule has 13 heavy (non-hydrogen) atoms. The lowest BCUT2D eigenvalue weighted by Crippen LogP contribution is -2.02. The monoisotopic (exact) mass is 179 g/mol. The molecular weight excluding hydrogens is 158 g/mol. The number of hydrogen-bond acceptors (Lipinski definition) is 0. The summed E-state index contributed by atoms with van der Waals surface area (Å²) in [4.78, 5) is 3.12. The lowest BCUT2D eigenvalue weighted by atomic mass is 9.93. The minimum Gasteiger partial charge on any atom is -0.367 e. The maximum absolute atomic E-state index is 3.12. The van der Waals surface area contributed by atoms with Crippen molar-refractivity contribution >= 4 is 0 Å². The molecule has 1 unspecified atom stereocenters. The largest absolute Gasteiger partial charge is 0.367 e. The Kier molecular flexibility index (Phi) is 4.66. The van der Waals surface area contributed by atoms with Gasteiger partial charge in [-0.05, 0) is 24.0 Å². The molecule has 0 amide bonds. The molecule has 74 valence electrons. The number of aromatic nitrogens is 1. The van der Waals surface area contributed by atoms with E-state index in [1.165, 1.54) is 37.7 Å². The van der Waals surface area contributed by atoms with Crippen molar-refractivity contribution in [2.75, 3.05) is 0 Å². The van der Waals surface area contributed by atoms with Crippen molar-refractivity contribution in [2.24, 2.45) is 5.92 Å². The zero-order valence-corrected chi connectivity index (χ0v) is 8.84. The fraction of sp³-hybridized carbons (Fsp3) is 0.667. The van der Waals surface area contributed by atoms with Crippen molar-refractivity contribution in [1.82, 2.24) is 4.98 Å². The summed E-state index contributed by atoms with van der Waals surface area (Å²) in [6.07, 6.45) is 10.8. The van der Waals surface area contributed by atoms with Crippen LogP contribution in [0.25, 0.3) is 0 Å². The molecular formula is C12H21N. The molecule has 0 fully saturated rings. The first-order valence-electron chi connectivity index (χ1n) is 5.48. The Balaban J connectivity index is 2.31. The third-order valence-electron chi connectivity index (χ3n) is 2.73. The van der Waals surface area contributed by atoms with Gasteiger partial charge in [0.15, 0.2) is 0 Å². The van der Waals surface area contributed by atoms with E-state index in [1.807, 2.05) is 6.20 Å². The fourth-order valence-corrected chi connectivity index (χ4v) is 1.76. The van der Waals surface area contributed by atoms with Gasteiger partial charge in [-0.3, -0.25) is 0 Å². The zero-order valence-electron chi connectivity index (χ0n) is 8.84.